The summed E-state index contributed by atoms with van der Waals surface area (Å²) in [6.07, 6.45) is 15.8. The fourth-order valence-corrected chi connectivity index (χ4v) is 7.04. The first-order chi connectivity index (χ1) is 25.6. The number of aromatic nitrogens is 4. The van der Waals surface area contributed by atoms with E-state index in [9.17, 15) is 19.7 Å². The van der Waals surface area contributed by atoms with Crippen LogP contribution in [0.1, 0.15) is 95.2 Å². The predicted octanol–water partition coefficient (Wildman–Crippen LogP) is 4.90. The smallest absolute Gasteiger partial charge is 0.469 e. The van der Waals surface area contributed by atoms with Gasteiger partial charge in [-0.2, -0.15) is 10.4 Å². The highest BCUT2D eigenvalue weighted by Gasteiger charge is 2.60. The summed E-state index contributed by atoms with van der Waals surface area (Å²) in [6.45, 7) is 1.17. The first-order valence-electron chi connectivity index (χ1n) is 18.4. The van der Waals surface area contributed by atoms with E-state index in [1.165, 1.54) is 106 Å². The molecule has 1 saturated heterocycles. The van der Waals surface area contributed by atoms with Gasteiger partial charge in [0.25, 0.3) is 0 Å². The number of aliphatic hydroxyl groups excluding tert-OH is 1. The molecule has 0 saturated carbocycles. The normalized spacial score (nSPS) is 21.9. The molecule has 0 bridgehead atoms. The van der Waals surface area contributed by atoms with Gasteiger partial charge in [0.1, 0.15) is 30.1 Å². The van der Waals surface area contributed by atoms with Crippen LogP contribution in [0.5, 0.6) is 5.88 Å². The van der Waals surface area contributed by atoms with Gasteiger partial charge in [-0.15, -0.1) is 0 Å². The molecule has 3 aromatic rings. The zero-order valence-corrected chi connectivity index (χ0v) is 31.6. The molecular weight excluding hydrogens is 705 g/mol. The molecule has 0 aliphatic carbocycles. The van der Waals surface area contributed by atoms with E-state index in [4.69, 9.17) is 34.3 Å². The standard InChI is InChI=1S/C36H54N7O9P/c1-3-4-5-6-7-8-9-10-11-12-13-14-19-48-22-29(52-32-18-15-28(20-37)21-40-32)23-50-53(46,47)51-25-35(24-39-2)34(44)36(45,26-49-35)31-17-16-30-33(38)41-27-42-43(30)31/h15-18,21,24,27,29,34,44-45H,3-14,19,22-23,25-26H2,1-2H3,(H,46,47)(H2,38,41,42)/b39-24-/t29-,34-,35-,36-/m1/s1. The lowest BCUT2D eigenvalue weighted by molar-refractivity contribution is -0.0772. The number of aliphatic hydroxyl groups is 2. The fourth-order valence-electron chi connectivity index (χ4n) is 6.25. The molecule has 0 radical (unpaired) electrons. The quantitative estimate of drug-likeness (QED) is 0.0512. The molecule has 4 heterocycles. The summed E-state index contributed by atoms with van der Waals surface area (Å²) in [6, 6.07) is 8.15. The number of nitrogens with zero attached hydrogens (tertiary/aromatic N) is 6. The highest BCUT2D eigenvalue weighted by atomic mass is 31.2. The van der Waals surface area contributed by atoms with Crippen molar-refractivity contribution >= 4 is 25.4 Å². The number of nitriles is 1. The third-order valence-corrected chi connectivity index (χ3v) is 10.2. The van der Waals surface area contributed by atoms with Crippen LogP contribution < -0.4 is 10.5 Å². The average Bonchev–Trinajstić information content (AvgIpc) is 3.71. The highest BCUT2D eigenvalue weighted by molar-refractivity contribution is 7.47. The Bertz CT molecular complexity index is 1670. The number of aliphatic imine (C=N–C) groups is 1. The van der Waals surface area contributed by atoms with Crippen molar-refractivity contribution in [1.82, 2.24) is 19.6 Å². The number of fused-ring (bicyclic) bond motifs is 1. The fraction of sp³-hybridized carbons (Fsp3) is 0.639. The molecule has 5 N–H and O–H groups in total. The topological polar surface area (TPSA) is 229 Å². The average molecular weight is 760 g/mol. The van der Waals surface area contributed by atoms with Crippen LogP contribution in [-0.4, -0.2) is 98.8 Å². The molecule has 1 aliphatic rings. The second kappa shape index (κ2) is 20.8. The van der Waals surface area contributed by atoms with Gasteiger partial charge in [-0.25, -0.2) is 19.0 Å². The molecule has 0 aromatic carbocycles. The van der Waals surface area contributed by atoms with Crippen LogP contribution in [0, 0.1) is 11.3 Å². The van der Waals surface area contributed by atoms with Crippen molar-refractivity contribution in [2.75, 3.05) is 45.8 Å². The van der Waals surface area contributed by atoms with Crippen molar-refractivity contribution in [3.8, 4) is 11.9 Å². The van der Waals surface area contributed by atoms with Crippen molar-refractivity contribution < 1.29 is 42.9 Å². The highest BCUT2D eigenvalue weighted by Crippen LogP contribution is 2.47. The number of hydrogen-bond donors (Lipinski definition) is 4. The molecule has 1 aliphatic heterocycles. The van der Waals surface area contributed by atoms with Crippen molar-refractivity contribution in [3.63, 3.8) is 0 Å². The lowest BCUT2D eigenvalue weighted by Gasteiger charge is -2.32. The SMILES string of the molecule is CCCCCCCCCCCCCCOC[C@H](COP(=O)(O)OC[C@@]1(/C=N\C)OC[C@@](O)(c2ccc3c(N)ncnn23)[C@@H]1O)Oc1ccc(C#N)cn1. The molecule has 0 amide bonds. The van der Waals surface area contributed by atoms with Crippen molar-refractivity contribution in [1.29, 1.82) is 5.26 Å². The second-order valence-electron chi connectivity index (χ2n) is 13.4. The van der Waals surface area contributed by atoms with Crippen LogP contribution >= 0.6 is 7.82 Å². The van der Waals surface area contributed by atoms with Crippen molar-refractivity contribution in [2.45, 2.75) is 107 Å². The lowest BCUT2D eigenvalue weighted by atomic mass is 9.86. The van der Waals surface area contributed by atoms with E-state index < -0.39 is 51.1 Å². The lowest BCUT2D eigenvalue weighted by Crippen LogP contribution is -2.52. The number of rotatable bonds is 25. The molecule has 4 rings (SSSR count). The van der Waals surface area contributed by atoms with E-state index in [-0.39, 0.29) is 24.0 Å². The van der Waals surface area contributed by atoms with Gasteiger partial charge in [0, 0.05) is 32.1 Å². The molecule has 1 unspecified atom stereocenters. The minimum atomic E-state index is -4.81. The van der Waals surface area contributed by atoms with Gasteiger partial charge < -0.3 is 35.1 Å². The Morgan fingerprint density at radius 2 is 1.77 bits per heavy atom. The summed E-state index contributed by atoms with van der Waals surface area (Å²) in [5.74, 6) is 0.336. The van der Waals surface area contributed by atoms with Crippen molar-refractivity contribution in [3.05, 3.63) is 48.0 Å². The third kappa shape index (κ3) is 12.0. The summed E-state index contributed by atoms with van der Waals surface area (Å²) in [4.78, 5) is 22.7. The van der Waals surface area contributed by atoms with Gasteiger partial charge in [0.2, 0.25) is 5.88 Å². The number of nitrogen functional groups attached to an aromatic ring is 1. The molecule has 1 fully saturated rings. The van der Waals surface area contributed by atoms with Gasteiger partial charge in [0.05, 0.1) is 37.7 Å². The number of anilines is 1. The van der Waals surface area contributed by atoms with Crippen LogP contribution in [-0.2, 0) is 28.7 Å². The van der Waals surface area contributed by atoms with Crippen LogP contribution in [0.3, 0.4) is 0 Å². The summed E-state index contributed by atoms with van der Waals surface area (Å²) < 4.78 is 42.7. The number of nitrogens with two attached hydrogens (primary N) is 1. The van der Waals surface area contributed by atoms with E-state index in [0.717, 1.165) is 19.3 Å². The largest absolute Gasteiger partial charge is 0.472 e. The van der Waals surface area contributed by atoms with Crippen LogP contribution in [0.4, 0.5) is 5.82 Å². The summed E-state index contributed by atoms with van der Waals surface area (Å²) in [5.41, 5.74) is 2.97. The Labute approximate surface area is 310 Å². The van der Waals surface area contributed by atoms with Crippen LogP contribution in [0.2, 0.25) is 0 Å². The van der Waals surface area contributed by atoms with Gasteiger partial charge in [-0.1, -0.05) is 77.6 Å². The van der Waals surface area contributed by atoms with E-state index in [0.29, 0.717) is 17.7 Å². The number of hydrogen-bond acceptors (Lipinski definition) is 14. The van der Waals surface area contributed by atoms with E-state index >= 15 is 0 Å². The third-order valence-electron chi connectivity index (χ3n) is 9.22. The molecular formula is C36H54N7O9P. The monoisotopic (exact) mass is 759 g/mol. The minimum Gasteiger partial charge on any atom is -0.469 e. The van der Waals surface area contributed by atoms with Gasteiger partial charge in [0.15, 0.2) is 17.0 Å². The number of ether oxygens (including phenoxy) is 3. The number of phosphoric ester groups is 1. The van der Waals surface area contributed by atoms with Crippen molar-refractivity contribution in [2.24, 2.45) is 4.99 Å². The zero-order valence-electron chi connectivity index (χ0n) is 30.7. The molecule has 0 spiro atoms. The Hall–Kier alpha value is -3.52. The minimum absolute atomic E-state index is 0.0281. The number of phosphoric acid groups is 1. The first-order valence-corrected chi connectivity index (χ1v) is 19.9. The van der Waals surface area contributed by atoms with Crippen LogP contribution in [0.25, 0.3) is 5.52 Å². The van der Waals surface area contributed by atoms with E-state index in [2.05, 4.69) is 27.0 Å². The maximum absolute atomic E-state index is 13.2. The number of unbranched alkanes of at least 4 members (excludes halogenated alkanes) is 11. The zero-order chi connectivity index (χ0) is 38.2. The Balaban J connectivity index is 1.28. The maximum Gasteiger partial charge on any atom is 0.472 e. The van der Waals surface area contributed by atoms with Crippen LogP contribution in [0.15, 0.2) is 41.8 Å². The molecule has 5 atom stereocenters. The number of pyridine rings is 1. The molecule has 53 heavy (non-hydrogen) atoms. The Kier molecular flexibility index (Phi) is 16.6. The summed E-state index contributed by atoms with van der Waals surface area (Å²) in [5, 5.41) is 36.3. The van der Waals surface area contributed by atoms with E-state index in [1.807, 2.05) is 6.07 Å². The van der Waals surface area contributed by atoms with Gasteiger partial charge in [-0.05, 0) is 24.6 Å². The predicted molar refractivity (Wildman–Crippen MR) is 197 cm³/mol. The Morgan fingerprint density at radius 3 is 2.42 bits per heavy atom. The molecule has 17 heteroatoms. The maximum atomic E-state index is 13.2. The summed E-state index contributed by atoms with van der Waals surface area (Å²) in [7, 11) is -3.39. The molecule has 3 aromatic heterocycles. The first kappa shape index (κ1) is 42.2. The Morgan fingerprint density at radius 1 is 1.08 bits per heavy atom. The molecule has 16 nitrogen and oxygen atoms in total. The van der Waals surface area contributed by atoms with Gasteiger partial charge in [-0.3, -0.25) is 14.0 Å². The van der Waals surface area contributed by atoms with E-state index in [1.54, 1.807) is 6.07 Å². The molecule has 292 valence electrons. The summed E-state index contributed by atoms with van der Waals surface area (Å²) >= 11 is 0. The second-order valence-corrected chi connectivity index (χ2v) is 14.8. The van der Waals surface area contributed by atoms with Gasteiger partial charge >= 0.3 is 7.82 Å².